The lowest BCUT2D eigenvalue weighted by Gasteiger charge is -2.50. The second kappa shape index (κ2) is 14.3. The Bertz CT molecular complexity index is 1040. The summed E-state index contributed by atoms with van der Waals surface area (Å²) in [6.07, 6.45) is 21.9. The van der Waals surface area contributed by atoms with Gasteiger partial charge in [0.05, 0.1) is 6.10 Å². The summed E-state index contributed by atoms with van der Waals surface area (Å²) in [6, 6.07) is 12.2. The minimum absolute atomic E-state index is 0.106. The number of nitrogens with zero attached hydrogens (tertiary/aromatic N) is 1. The van der Waals surface area contributed by atoms with Gasteiger partial charge in [0.2, 0.25) is 0 Å². The number of phenols is 1. The number of pyridine rings is 1. The van der Waals surface area contributed by atoms with E-state index in [0.717, 1.165) is 32.4 Å². The Kier molecular flexibility index (Phi) is 10.6. The molecule has 1 aromatic carbocycles. The van der Waals surface area contributed by atoms with Crippen LogP contribution >= 0.6 is 0 Å². The molecular weight excluding hydrogens is 492 g/mol. The number of aliphatic hydroxyl groups is 1. The number of hydrogen-bond donors (Lipinski definition) is 3. The first-order valence-corrected chi connectivity index (χ1v) is 16.7. The van der Waals surface area contributed by atoms with Gasteiger partial charge in [0, 0.05) is 24.9 Å². The lowest BCUT2D eigenvalue weighted by molar-refractivity contribution is -0.0335. The van der Waals surface area contributed by atoms with Gasteiger partial charge in [0.1, 0.15) is 5.75 Å². The standard InChI is InChI=1S/C36H54N2O2/c1-36-21-19-32-31-18-16-30(39)25-27(31)15-17-33(32)34(36)26-28(35(36)40)13-9-7-5-3-2-4-6-8-11-22-37-24-20-29-14-10-12-23-38-29/h10,12,14,16,18,23,25,28,32-35,37,39-40H,2-9,11,13,15,17,19-22,24,26H2,1H3/t28-,32+,33+,34-,35-,36-/m0/s1. The second-order valence-electron chi connectivity index (χ2n) is 13.6. The van der Waals surface area contributed by atoms with Crippen molar-refractivity contribution in [1.29, 1.82) is 0 Å². The van der Waals surface area contributed by atoms with Crippen molar-refractivity contribution in [1.82, 2.24) is 10.3 Å². The number of unbranched alkanes of at least 4 members (excludes halogenated alkanes) is 8. The van der Waals surface area contributed by atoms with E-state index in [1.807, 2.05) is 24.4 Å². The Hall–Kier alpha value is -1.91. The molecule has 6 atom stereocenters. The molecule has 4 nitrogen and oxygen atoms in total. The third-order valence-electron chi connectivity index (χ3n) is 11.0. The van der Waals surface area contributed by atoms with Crippen molar-refractivity contribution in [2.24, 2.45) is 23.2 Å². The molecule has 5 rings (SSSR count). The highest BCUT2D eigenvalue weighted by atomic mass is 16.3. The monoisotopic (exact) mass is 546 g/mol. The lowest BCUT2D eigenvalue weighted by Crippen LogP contribution is -2.44. The number of aryl methyl sites for hydroxylation is 1. The van der Waals surface area contributed by atoms with Crippen molar-refractivity contribution in [3.05, 3.63) is 59.4 Å². The van der Waals surface area contributed by atoms with Gasteiger partial charge >= 0.3 is 0 Å². The van der Waals surface area contributed by atoms with Crippen LogP contribution in [0.5, 0.6) is 5.75 Å². The van der Waals surface area contributed by atoms with E-state index in [-0.39, 0.29) is 11.5 Å². The number of benzene rings is 1. The van der Waals surface area contributed by atoms with E-state index < -0.39 is 0 Å². The molecule has 0 radical (unpaired) electrons. The van der Waals surface area contributed by atoms with Gasteiger partial charge in [-0.2, -0.15) is 0 Å². The summed E-state index contributed by atoms with van der Waals surface area (Å²) < 4.78 is 0. The Morgan fingerprint density at radius 3 is 2.48 bits per heavy atom. The van der Waals surface area contributed by atoms with Crippen molar-refractivity contribution >= 4 is 0 Å². The highest BCUT2D eigenvalue weighted by Crippen LogP contribution is 2.62. The Labute approximate surface area is 243 Å². The van der Waals surface area contributed by atoms with E-state index in [0.29, 0.717) is 29.4 Å². The van der Waals surface area contributed by atoms with Crippen LogP contribution in [0.3, 0.4) is 0 Å². The van der Waals surface area contributed by atoms with Crippen LogP contribution in [0.1, 0.15) is 120 Å². The van der Waals surface area contributed by atoms with Gasteiger partial charge < -0.3 is 15.5 Å². The van der Waals surface area contributed by atoms with Crippen LogP contribution in [-0.4, -0.2) is 34.4 Å². The van der Waals surface area contributed by atoms with Crippen LogP contribution in [0.25, 0.3) is 0 Å². The topological polar surface area (TPSA) is 65.4 Å². The van der Waals surface area contributed by atoms with E-state index >= 15 is 0 Å². The first-order valence-electron chi connectivity index (χ1n) is 16.7. The largest absolute Gasteiger partial charge is 0.508 e. The van der Waals surface area contributed by atoms with Crippen molar-refractivity contribution in [2.75, 3.05) is 13.1 Å². The summed E-state index contributed by atoms with van der Waals surface area (Å²) in [6.45, 7) is 4.55. The van der Waals surface area contributed by atoms with E-state index in [9.17, 15) is 10.2 Å². The van der Waals surface area contributed by atoms with Crippen molar-refractivity contribution in [3.63, 3.8) is 0 Å². The van der Waals surface area contributed by atoms with Crippen LogP contribution in [0.15, 0.2) is 42.6 Å². The average molecular weight is 547 g/mol. The zero-order valence-corrected chi connectivity index (χ0v) is 25.0. The highest BCUT2D eigenvalue weighted by Gasteiger charge is 2.57. The van der Waals surface area contributed by atoms with Gasteiger partial charge in [-0.3, -0.25) is 4.98 Å². The maximum absolute atomic E-state index is 11.5. The molecule has 0 unspecified atom stereocenters. The SMILES string of the molecule is C[C@]12CC[C@@H]3c4ccc(O)cc4CC[C@H]3[C@@H]1C[C@H](CCCCCCCCCCCNCCc1ccccn1)[C@@H]2O. The molecule has 3 aliphatic rings. The molecule has 3 N–H and O–H groups in total. The molecule has 0 amide bonds. The summed E-state index contributed by atoms with van der Waals surface area (Å²) >= 11 is 0. The van der Waals surface area contributed by atoms with Gasteiger partial charge in [-0.05, 0) is 116 Å². The molecule has 0 aliphatic heterocycles. The van der Waals surface area contributed by atoms with Crippen LogP contribution in [0.2, 0.25) is 0 Å². The number of aliphatic hydroxyl groups excluding tert-OH is 1. The van der Waals surface area contributed by atoms with Crippen LogP contribution in [0.4, 0.5) is 0 Å². The third-order valence-corrected chi connectivity index (χ3v) is 11.0. The number of aromatic nitrogens is 1. The molecule has 0 bridgehead atoms. The fraction of sp³-hybridized carbons (Fsp3) is 0.694. The van der Waals surface area contributed by atoms with Gasteiger partial charge in [0.15, 0.2) is 0 Å². The first-order chi connectivity index (χ1) is 19.6. The molecule has 2 fully saturated rings. The summed E-state index contributed by atoms with van der Waals surface area (Å²) in [7, 11) is 0. The molecule has 1 heterocycles. The van der Waals surface area contributed by atoms with Gasteiger partial charge in [-0.25, -0.2) is 0 Å². The Morgan fingerprint density at radius 1 is 0.925 bits per heavy atom. The van der Waals surface area contributed by atoms with E-state index in [2.05, 4.69) is 35.4 Å². The molecule has 3 aliphatic carbocycles. The number of aromatic hydroxyl groups is 1. The number of nitrogens with one attached hydrogen (secondary N) is 1. The highest BCUT2D eigenvalue weighted by molar-refractivity contribution is 5.40. The Morgan fingerprint density at radius 2 is 1.70 bits per heavy atom. The Balaban J connectivity index is 0.914. The normalized spacial score (nSPS) is 29.1. The molecule has 2 aromatic rings. The molecule has 220 valence electrons. The minimum Gasteiger partial charge on any atom is -0.508 e. The summed E-state index contributed by atoms with van der Waals surface area (Å²) in [5, 5.41) is 25.0. The van der Waals surface area contributed by atoms with E-state index in [4.69, 9.17) is 0 Å². The average Bonchev–Trinajstić information content (AvgIpc) is 3.23. The number of phenolic OH excluding ortho intramolecular Hbond substituents is 1. The van der Waals surface area contributed by atoms with Crippen LogP contribution in [0, 0.1) is 23.2 Å². The van der Waals surface area contributed by atoms with Crippen molar-refractivity contribution in [2.45, 2.75) is 122 Å². The van der Waals surface area contributed by atoms with Crippen molar-refractivity contribution < 1.29 is 10.2 Å². The fourth-order valence-corrected chi connectivity index (χ4v) is 8.78. The zero-order valence-electron chi connectivity index (χ0n) is 25.0. The van der Waals surface area contributed by atoms with Crippen LogP contribution < -0.4 is 5.32 Å². The zero-order chi connectivity index (χ0) is 27.8. The summed E-state index contributed by atoms with van der Waals surface area (Å²) in [4.78, 5) is 4.38. The number of fused-ring (bicyclic) bond motifs is 5. The van der Waals surface area contributed by atoms with Crippen LogP contribution in [-0.2, 0) is 12.8 Å². The maximum Gasteiger partial charge on any atom is 0.115 e. The van der Waals surface area contributed by atoms with E-state index in [1.54, 1.807) is 0 Å². The smallest absolute Gasteiger partial charge is 0.115 e. The number of rotatable bonds is 15. The van der Waals surface area contributed by atoms with Crippen molar-refractivity contribution in [3.8, 4) is 5.75 Å². The second-order valence-corrected chi connectivity index (χ2v) is 13.6. The molecule has 0 spiro atoms. The molecule has 4 heteroatoms. The molecule has 2 saturated carbocycles. The molecule has 40 heavy (non-hydrogen) atoms. The first kappa shape index (κ1) is 29.6. The summed E-state index contributed by atoms with van der Waals surface area (Å²) in [5.41, 5.74) is 4.13. The van der Waals surface area contributed by atoms with Gasteiger partial charge in [0.25, 0.3) is 0 Å². The number of hydrogen-bond acceptors (Lipinski definition) is 4. The maximum atomic E-state index is 11.5. The molecule has 1 aromatic heterocycles. The predicted molar refractivity (Wildman–Crippen MR) is 165 cm³/mol. The lowest BCUT2D eigenvalue weighted by atomic mass is 9.55. The molecule has 0 saturated heterocycles. The van der Waals surface area contributed by atoms with Gasteiger partial charge in [-0.1, -0.05) is 70.4 Å². The third kappa shape index (κ3) is 7.10. The van der Waals surface area contributed by atoms with E-state index in [1.165, 1.54) is 100 Å². The molecular formula is C36H54N2O2. The fourth-order valence-electron chi connectivity index (χ4n) is 8.78. The quantitative estimate of drug-likeness (QED) is 0.198. The van der Waals surface area contributed by atoms with Gasteiger partial charge in [-0.15, -0.1) is 0 Å². The predicted octanol–water partition coefficient (Wildman–Crippen LogP) is 7.96. The minimum atomic E-state index is -0.121. The summed E-state index contributed by atoms with van der Waals surface area (Å²) in [5.74, 6) is 2.89.